The molecule has 0 aliphatic carbocycles. The number of rotatable bonds is 3. The van der Waals surface area contributed by atoms with Crippen LogP contribution in [0.2, 0.25) is 5.15 Å². The molecule has 0 aromatic carbocycles. The number of anilines is 1. The molecule has 1 unspecified atom stereocenters. The summed E-state index contributed by atoms with van der Waals surface area (Å²) in [5.74, 6) is 2.01. The second kappa shape index (κ2) is 6.39. The van der Waals surface area contributed by atoms with Crippen molar-refractivity contribution < 1.29 is 4.92 Å². The lowest BCUT2D eigenvalue weighted by Crippen LogP contribution is -2.25. The van der Waals surface area contributed by atoms with Gasteiger partial charge in [0.15, 0.2) is 0 Å². The van der Waals surface area contributed by atoms with Gasteiger partial charge in [-0.3, -0.25) is 10.1 Å². The van der Waals surface area contributed by atoms with Crippen LogP contribution in [0.5, 0.6) is 0 Å². The normalized spacial score (nSPS) is 20.0. The standard InChI is InChI=1S/C14H20ClN3O2/c1-10(2)11-4-3-6-17(7-5-11)14-9-12(18(19)20)8-13(15)16-14/h8-11H,3-7H2,1-2H3. The first-order chi connectivity index (χ1) is 9.47. The molecular weight excluding hydrogens is 278 g/mol. The summed E-state index contributed by atoms with van der Waals surface area (Å²) in [6.45, 7) is 6.27. The molecule has 1 aliphatic heterocycles. The van der Waals surface area contributed by atoms with Crippen LogP contribution in [0.3, 0.4) is 0 Å². The molecule has 1 aromatic heterocycles. The van der Waals surface area contributed by atoms with Crippen LogP contribution in [0.15, 0.2) is 12.1 Å². The molecule has 2 rings (SSSR count). The van der Waals surface area contributed by atoms with Gasteiger partial charge in [-0.15, -0.1) is 0 Å². The van der Waals surface area contributed by atoms with Crippen molar-refractivity contribution in [2.75, 3.05) is 18.0 Å². The van der Waals surface area contributed by atoms with E-state index in [0.717, 1.165) is 25.9 Å². The van der Waals surface area contributed by atoms with E-state index in [2.05, 4.69) is 23.7 Å². The average molecular weight is 298 g/mol. The maximum atomic E-state index is 10.9. The van der Waals surface area contributed by atoms with E-state index < -0.39 is 4.92 Å². The maximum absolute atomic E-state index is 10.9. The number of hydrogen-bond acceptors (Lipinski definition) is 4. The van der Waals surface area contributed by atoms with E-state index in [1.54, 1.807) is 0 Å². The van der Waals surface area contributed by atoms with Gasteiger partial charge in [0.05, 0.1) is 17.1 Å². The van der Waals surface area contributed by atoms with E-state index in [-0.39, 0.29) is 10.8 Å². The second-order valence-electron chi connectivity index (χ2n) is 5.69. The molecule has 1 aliphatic rings. The van der Waals surface area contributed by atoms with Crippen molar-refractivity contribution in [1.29, 1.82) is 0 Å². The van der Waals surface area contributed by atoms with Gasteiger partial charge < -0.3 is 4.90 Å². The molecule has 0 spiro atoms. The molecule has 0 radical (unpaired) electrons. The zero-order valence-corrected chi connectivity index (χ0v) is 12.6. The fourth-order valence-corrected chi connectivity index (χ4v) is 2.95. The van der Waals surface area contributed by atoms with Crippen molar-refractivity contribution in [3.05, 3.63) is 27.4 Å². The Morgan fingerprint density at radius 3 is 2.80 bits per heavy atom. The molecule has 5 nitrogen and oxygen atoms in total. The van der Waals surface area contributed by atoms with Gasteiger partial charge >= 0.3 is 0 Å². The molecule has 20 heavy (non-hydrogen) atoms. The Labute approximate surface area is 124 Å². The Morgan fingerprint density at radius 1 is 1.40 bits per heavy atom. The Hall–Kier alpha value is -1.36. The molecule has 0 saturated carbocycles. The van der Waals surface area contributed by atoms with E-state index in [0.29, 0.717) is 17.7 Å². The third-order valence-corrected chi connectivity index (χ3v) is 4.21. The van der Waals surface area contributed by atoms with Gasteiger partial charge in [-0.1, -0.05) is 25.4 Å². The quantitative estimate of drug-likeness (QED) is 0.482. The van der Waals surface area contributed by atoms with E-state index >= 15 is 0 Å². The van der Waals surface area contributed by atoms with Gasteiger partial charge in [0, 0.05) is 13.1 Å². The first-order valence-electron chi connectivity index (χ1n) is 7.04. The van der Waals surface area contributed by atoms with Crippen LogP contribution >= 0.6 is 11.6 Å². The van der Waals surface area contributed by atoms with Gasteiger partial charge in [0.2, 0.25) is 0 Å². The van der Waals surface area contributed by atoms with Crippen molar-refractivity contribution in [3.63, 3.8) is 0 Å². The molecule has 1 fully saturated rings. The van der Waals surface area contributed by atoms with Crippen molar-refractivity contribution >= 4 is 23.1 Å². The molecule has 2 heterocycles. The topological polar surface area (TPSA) is 59.3 Å². The Balaban J connectivity index is 2.17. The van der Waals surface area contributed by atoms with Gasteiger partial charge in [0.1, 0.15) is 11.0 Å². The third kappa shape index (κ3) is 3.60. The zero-order chi connectivity index (χ0) is 14.7. The third-order valence-electron chi connectivity index (χ3n) is 4.02. The molecule has 1 saturated heterocycles. The summed E-state index contributed by atoms with van der Waals surface area (Å²) >= 11 is 5.89. The highest BCUT2D eigenvalue weighted by atomic mass is 35.5. The van der Waals surface area contributed by atoms with Crippen LogP contribution in [-0.2, 0) is 0 Å². The Kier molecular flexibility index (Phi) is 4.81. The number of hydrogen-bond donors (Lipinski definition) is 0. The van der Waals surface area contributed by atoms with Crippen LogP contribution in [0.1, 0.15) is 33.1 Å². The highest BCUT2D eigenvalue weighted by Gasteiger charge is 2.22. The predicted octanol–water partition coefficient (Wildman–Crippen LogP) is 3.91. The predicted molar refractivity (Wildman–Crippen MR) is 80.3 cm³/mol. The summed E-state index contributed by atoms with van der Waals surface area (Å²) in [5.41, 5.74) is 0.00431. The molecule has 0 amide bonds. The van der Waals surface area contributed by atoms with E-state index in [4.69, 9.17) is 11.6 Å². The molecule has 1 atom stereocenters. The van der Waals surface area contributed by atoms with Crippen LogP contribution < -0.4 is 4.90 Å². The summed E-state index contributed by atoms with van der Waals surface area (Å²) < 4.78 is 0. The number of nitrogens with zero attached hydrogens (tertiary/aromatic N) is 3. The van der Waals surface area contributed by atoms with Crippen molar-refractivity contribution in [1.82, 2.24) is 4.98 Å². The molecular formula is C14H20ClN3O2. The summed E-state index contributed by atoms with van der Waals surface area (Å²) in [5, 5.41) is 11.1. The number of pyridine rings is 1. The molecule has 0 bridgehead atoms. The van der Waals surface area contributed by atoms with Gasteiger partial charge in [0.25, 0.3) is 5.69 Å². The van der Waals surface area contributed by atoms with Gasteiger partial charge in [-0.25, -0.2) is 4.98 Å². The molecule has 110 valence electrons. The summed E-state index contributed by atoms with van der Waals surface area (Å²) in [7, 11) is 0. The minimum Gasteiger partial charge on any atom is -0.356 e. The lowest BCUT2D eigenvalue weighted by molar-refractivity contribution is -0.384. The van der Waals surface area contributed by atoms with Crippen molar-refractivity contribution in [2.45, 2.75) is 33.1 Å². The van der Waals surface area contributed by atoms with Crippen molar-refractivity contribution in [3.8, 4) is 0 Å². The molecule has 0 N–H and O–H groups in total. The summed E-state index contributed by atoms with van der Waals surface area (Å²) in [6, 6.07) is 2.81. The van der Waals surface area contributed by atoms with Crippen LogP contribution in [-0.4, -0.2) is 23.0 Å². The molecule has 1 aromatic rings. The maximum Gasteiger partial charge on any atom is 0.276 e. The summed E-state index contributed by atoms with van der Waals surface area (Å²) in [4.78, 5) is 16.8. The monoisotopic (exact) mass is 297 g/mol. The number of aromatic nitrogens is 1. The van der Waals surface area contributed by atoms with Gasteiger partial charge in [-0.05, 0) is 31.1 Å². The first kappa shape index (κ1) is 15.0. The van der Waals surface area contributed by atoms with Crippen LogP contribution in [0, 0.1) is 22.0 Å². The second-order valence-corrected chi connectivity index (χ2v) is 6.07. The Bertz CT molecular complexity index is 493. The first-order valence-corrected chi connectivity index (χ1v) is 7.42. The summed E-state index contributed by atoms with van der Waals surface area (Å²) in [6.07, 6.45) is 3.39. The SMILES string of the molecule is CC(C)C1CCCN(c2cc([N+](=O)[O-])cc(Cl)n2)CC1. The largest absolute Gasteiger partial charge is 0.356 e. The van der Waals surface area contributed by atoms with Gasteiger partial charge in [-0.2, -0.15) is 0 Å². The lowest BCUT2D eigenvalue weighted by atomic mass is 9.89. The highest BCUT2D eigenvalue weighted by Crippen LogP contribution is 2.29. The van der Waals surface area contributed by atoms with E-state index in [1.165, 1.54) is 18.6 Å². The fourth-order valence-electron chi connectivity index (χ4n) is 2.76. The van der Waals surface area contributed by atoms with E-state index in [1.807, 2.05) is 0 Å². The Morgan fingerprint density at radius 2 is 2.15 bits per heavy atom. The zero-order valence-electron chi connectivity index (χ0n) is 11.9. The number of nitro groups is 1. The minimum atomic E-state index is -0.425. The van der Waals surface area contributed by atoms with E-state index in [9.17, 15) is 10.1 Å². The fraction of sp³-hybridized carbons (Fsp3) is 0.643. The number of halogens is 1. The minimum absolute atomic E-state index is 0.00431. The van der Waals surface area contributed by atoms with Crippen LogP contribution in [0.4, 0.5) is 11.5 Å². The lowest BCUT2D eigenvalue weighted by Gasteiger charge is -2.22. The average Bonchev–Trinajstić information content (AvgIpc) is 2.63. The smallest absolute Gasteiger partial charge is 0.276 e. The van der Waals surface area contributed by atoms with Crippen molar-refractivity contribution in [2.24, 2.45) is 11.8 Å². The molecule has 6 heteroatoms. The highest BCUT2D eigenvalue weighted by molar-refractivity contribution is 6.29. The van der Waals surface area contributed by atoms with Crippen LogP contribution in [0.25, 0.3) is 0 Å².